The molecule has 1 saturated heterocycles. The molecule has 0 saturated carbocycles. The molecule has 5 rings (SSSR count). The van der Waals surface area contributed by atoms with E-state index in [0.29, 0.717) is 22.3 Å². The van der Waals surface area contributed by atoms with Gasteiger partial charge in [-0.25, -0.2) is 4.90 Å². The van der Waals surface area contributed by atoms with E-state index in [1.165, 1.54) is 10.5 Å². The van der Waals surface area contributed by atoms with Crippen molar-refractivity contribution >= 4 is 51.6 Å². The van der Waals surface area contributed by atoms with Gasteiger partial charge in [0, 0.05) is 39.7 Å². The number of amides is 2. The van der Waals surface area contributed by atoms with Crippen molar-refractivity contribution in [3.63, 3.8) is 0 Å². The highest BCUT2D eigenvalue weighted by Gasteiger charge is 2.43. The zero-order valence-electron chi connectivity index (χ0n) is 14.9. The smallest absolute Gasteiger partial charge is 0.251 e. The Hall–Kier alpha value is -2.34. The van der Waals surface area contributed by atoms with Gasteiger partial charge in [-0.3, -0.25) is 14.5 Å². The second kappa shape index (κ2) is 6.62. The maximum absolute atomic E-state index is 13.0. The minimum Gasteiger partial charge on any atom is -0.357 e. The number of hydrogen-bond donors (Lipinski definition) is 1. The number of rotatable bonds is 2. The molecule has 2 aromatic carbocycles. The standard InChI is InChI=1S/C21H17Cl2N3O2/c22-12-2-1-3-14(8-12)26-20(27)10-19(21(26)28)25-7-6-15-16-9-13(23)4-5-17(16)24-18(15)11-25/h1-5,8-9,19,24H,6-7,10-11H2/t19-/m0/s1. The van der Waals surface area contributed by atoms with E-state index < -0.39 is 6.04 Å². The quantitative estimate of drug-likeness (QED) is 0.641. The number of benzene rings is 2. The van der Waals surface area contributed by atoms with Crippen LogP contribution < -0.4 is 4.90 Å². The largest absolute Gasteiger partial charge is 0.357 e. The zero-order valence-corrected chi connectivity index (χ0v) is 16.4. The normalized spacial score (nSPS) is 20.2. The molecule has 0 spiro atoms. The van der Waals surface area contributed by atoms with Crippen LogP contribution in [0, 0.1) is 0 Å². The minimum absolute atomic E-state index is 0.185. The third-order valence-corrected chi connectivity index (χ3v) is 6.07. The maximum atomic E-state index is 13.0. The average molecular weight is 414 g/mol. The molecule has 2 aliphatic rings. The van der Waals surface area contributed by atoms with Crippen molar-refractivity contribution in [3.05, 3.63) is 63.8 Å². The van der Waals surface area contributed by atoms with Gasteiger partial charge in [-0.1, -0.05) is 29.3 Å². The zero-order chi connectivity index (χ0) is 19.4. The lowest BCUT2D eigenvalue weighted by Gasteiger charge is -2.30. The monoisotopic (exact) mass is 413 g/mol. The molecule has 3 heterocycles. The molecule has 2 aliphatic heterocycles. The van der Waals surface area contributed by atoms with Gasteiger partial charge in [0.1, 0.15) is 0 Å². The molecule has 1 atom stereocenters. The molecular formula is C21H17Cl2N3O2. The SMILES string of the molecule is O=C1C[C@H](N2CCc3c([nH]c4ccc(Cl)cc34)C2)C(=O)N1c1cccc(Cl)c1. The van der Waals surface area contributed by atoms with E-state index in [-0.39, 0.29) is 18.2 Å². The summed E-state index contributed by atoms with van der Waals surface area (Å²) >= 11 is 12.2. The Morgan fingerprint density at radius 2 is 1.86 bits per heavy atom. The summed E-state index contributed by atoms with van der Waals surface area (Å²) in [6, 6.07) is 12.2. The van der Waals surface area contributed by atoms with Crippen LogP contribution >= 0.6 is 23.2 Å². The fourth-order valence-corrected chi connectivity index (χ4v) is 4.64. The van der Waals surface area contributed by atoms with E-state index in [4.69, 9.17) is 23.2 Å². The number of nitrogens with one attached hydrogen (secondary N) is 1. The van der Waals surface area contributed by atoms with Crippen LogP contribution in [0.5, 0.6) is 0 Å². The second-order valence-corrected chi connectivity index (χ2v) is 8.13. The first kappa shape index (κ1) is 17.7. The van der Waals surface area contributed by atoms with E-state index in [0.717, 1.165) is 29.6 Å². The highest BCUT2D eigenvalue weighted by Crippen LogP contribution is 2.33. The first-order chi connectivity index (χ1) is 13.5. The Morgan fingerprint density at radius 3 is 2.68 bits per heavy atom. The first-order valence-corrected chi connectivity index (χ1v) is 9.92. The van der Waals surface area contributed by atoms with Gasteiger partial charge in [0.05, 0.1) is 18.2 Å². The van der Waals surface area contributed by atoms with Crippen LogP contribution in [-0.2, 0) is 22.6 Å². The lowest BCUT2D eigenvalue weighted by Crippen LogP contribution is -2.44. The van der Waals surface area contributed by atoms with Crippen molar-refractivity contribution in [3.8, 4) is 0 Å². The second-order valence-electron chi connectivity index (χ2n) is 7.26. The molecule has 28 heavy (non-hydrogen) atoms. The molecule has 0 radical (unpaired) electrons. The summed E-state index contributed by atoms with van der Waals surface area (Å²) in [5.41, 5.74) is 3.91. The number of imide groups is 1. The number of carbonyl (C=O) groups is 2. The summed E-state index contributed by atoms with van der Waals surface area (Å²) in [5, 5.41) is 2.35. The Balaban J connectivity index is 1.43. The Bertz CT molecular complexity index is 1120. The minimum atomic E-state index is -0.449. The average Bonchev–Trinajstić information content (AvgIpc) is 3.17. The van der Waals surface area contributed by atoms with Gasteiger partial charge in [-0.2, -0.15) is 0 Å². The molecule has 7 heteroatoms. The number of aromatic amines is 1. The van der Waals surface area contributed by atoms with Crippen molar-refractivity contribution in [2.45, 2.75) is 25.4 Å². The molecule has 1 fully saturated rings. The molecule has 0 unspecified atom stereocenters. The number of nitrogens with zero attached hydrogens (tertiary/aromatic N) is 2. The van der Waals surface area contributed by atoms with Crippen LogP contribution in [0.15, 0.2) is 42.5 Å². The molecule has 0 bridgehead atoms. The van der Waals surface area contributed by atoms with Crippen LogP contribution in [0.3, 0.4) is 0 Å². The highest BCUT2D eigenvalue weighted by molar-refractivity contribution is 6.31. The van der Waals surface area contributed by atoms with E-state index in [9.17, 15) is 9.59 Å². The molecule has 2 amide bonds. The number of H-pyrrole nitrogens is 1. The van der Waals surface area contributed by atoms with Crippen molar-refractivity contribution < 1.29 is 9.59 Å². The number of fused-ring (bicyclic) bond motifs is 3. The molecule has 1 N–H and O–H groups in total. The van der Waals surface area contributed by atoms with Gasteiger partial charge in [-0.05, 0) is 48.4 Å². The van der Waals surface area contributed by atoms with Gasteiger partial charge in [0.15, 0.2) is 0 Å². The number of aromatic nitrogens is 1. The Kier molecular flexibility index (Phi) is 4.19. The summed E-state index contributed by atoms with van der Waals surface area (Å²) in [6.07, 6.45) is 0.998. The van der Waals surface area contributed by atoms with Crippen LogP contribution in [0.25, 0.3) is 10.9 Å². The molecule has 1 aromatic heterocycles. The number of hydrogen-bond acceptors (Lipinski definition) is 3. The van der Waals surface area contributed by atoms with Crippen LogP contribution in [0.1, 0.15) is 17.7 Å². The van der Waals surface area contributed by atoms with E-state index in [1.54, 1.807) is 24.3 Å². The van der Waals surface area contributed by atoms with Crippen molar-refractivity contribution in [2.75, 3.05) is 11.4 Å². The third-order valence-electron chi connectivity index (χ3n) is 5.60. The number of halogens is 2. The van der Waals surface area contributed by atoms with Gasteiger partial charge < -0.3 is 4.98 Å². The van der Waals surface area contributed by atoms with E-state index >= 15 is 0 Å². The molecular weight excluding hydrogens is 397 g/mol. The maximum Gasteiger partial charge on any atom is 0.251 e. The van der Waals surface area contributed by atoms with E-state index in [2.05, 4.69) is 9.88 Å². The Labute approximate surface area is 171 Å². The third kappa shape index (κ3) is 2.82. The van der Waals surface area contributed by atoms with E-state index in [1.807, 2.05) is 18.2 Å². The van der Waals surface area contributed by atoms with Gasteiger partial charge in [-0.15, -0.1) is 0 Å². The lowest BCUT2D eigenvalue weighted by atomic mass is 10.0. The first-order valence-electron chi connectivity index (χ1n) is 9.16. The number of anilines is 1. The summed E-state index contributed by atoms with van der Waals surface area (Å²) in [5.74, 6) is -0.374. The van der Waals surface area contributed by atoms with Crippen molar-refractivity contribution in [1.29, 1.82) is 0 Å². The summed E-state index contributed by atoms with van der Waals surface area (Å²) in [7, 11) is 0. The van der Waals surface area contributed by atoms with Gasteiger partial charge in [0.25, 0.3) is 5.91 Å². The van der Waals surface area contributed by atoms with Crippen molar-refractivity contribution in [2.24, 2.45) is 0 Å². The van der Waals surface area contributed by atoms with Gasteiger partial charge >= 0.3 is 0 Å². The fourth-order valence-electron chi connectivity index (χ4n) is 4.29. The van der Waals surface area contributed by atoms with Crippen LogP contribution in [0.4, 0.5) is 5.69 Å². The molecule has 0 aliphatic carbocycles. The number of carbonyl (C=O) groups excluding carboxylic acids is 2. The summed E-state index contributed by atoms with van der Waals surface area (Å²) in [4.78, 5) is 32.4. The predicted octanol–water partition coefficient (Wildman–Crippen LogP) is 4.16. The predicted molar refractivity (Wildman–Crippen MR) is 110 cm³/mol. The summed E-state index contributed by atoms with van der Waals surface area (Å²) < 4.78 is 0. The summed E-state index contributed by atoms with van der Waals surface area (Å²) in [6.45, 7) is 1.33. The van der Waals surface area contributed by atoms with Gasteiger partial charge in [0.2, 0.25) is 5.91 Å². The molecule has 3 aromatic rings. The van der Waals surface area contributed by atoms with Crippen LogP contribution in [-0.4, -0.2) is 34.3 Å². The molecule has 5 nitrogen and oxygen atoms in total. The van der Waals surface area contributed by atoms with Crippen molar-refractivity contribution in [1.82, 2.24) is 9.88 Å². The highest BCUT2D eigenvalue weighted by atomic mass is 35.5. The van der Waals surface area contributed by atoms with Crippen LogP contribution in [0.2, 0.25) is 10.0 Å². The molecule has 142 valence electrons. The topological polar surface area (TPSA) is 56.4 Å². The fraction of sp³-hybridized carbons (Fsp3) is 0.238. The lowest BCUT2D eigenvalue weighted by molar-refractivity contribution is -0.123. The Morgan fingerprint density at radius 1 is 1.04 bits per heavy atom.